The highest BCUT2D eigenvalue weighted by atomic mass is 15.1. The molecule has 3 heteroatoms. The second-order valence-electron chi connectivity index (χ2n) is 4.54. The fourth-order valence-corrected chi connectivity index (χ4v) is 1.91. The highest BCUT2D eigenvalue weighted by Crippen LogP contribution is 2.29. The van der Waals surface area contributed by atoms with E-state index in [-0.39, 0.29) is 0 Å². The lowest BCUT2D eigenvalue weighted by molar-refractivity contribution is 0.265. The van der Waals surface area contributed by atoms with E-state index in [2.05, 4.69) is 34.3 Å². The van der Waals surface area contributed by atoms with Crippen LogP contribution in [0.3, 0.4) is 0 Å². The zero-order chi connectivity index (χ0) is 11.4. The van der Waals surface area contributed by atoms with Gasteiger partial charge in [-0.1, -0.05) is 13.0 Å². The Morgan fingerprint density at radius 1 is 1.44 bits per heavy atom. The first-order valence-electron chi connectivity index (χ1n) is 6.18. The van der Waals surface area contributed by atoms with Gasteiger partial charge in [0.2, 0.25) is 0 Å². The maximum Gasteiger partial charge on any atom is 0.126 e. The summed E-state index contributed by atoms with van der Waals surface area (Å²) in [5.74, 6) is 1.91. The summed E-state index contributed by atoms with van der Waals surface area (Å²) >= 11 is 0. The monoisotopic (exact) mass is 219 g/mol. The van der Waals surface area contributed by atoms with Gasteiger partial charge in [0.05, 0.1) is 5.69 Å². The topological polar surface area (TPSA) is 28.2 Å². The Morgan fingerprint density at radius 3 is 2.88 bits per heavy atom. The lowest BCUT2D eigenvalue weighted by Gasteiger charge is -2.19. The Balaban J connectivity index is 1.94. The first-order chi connectivity index (χ1) is 7.81. The number of aromatic nitrogens is 1. The van der Waals surface area contributed by atoms with E-state index in [1.165, 1.54) is 19.4 Å². The molecular formula is C13H21N3. The van der Waals surface area contributed by atoms with Crippen LogP contribution < -0.4 is 5.32 Å². The number of rotatable bonds is 6. The van der Waals surface area contributed by atoms with Crippen molar-refractivity contribution in [2.45, 2.75) is 26.3 Å². The Bertz CT molecular complexity index is 334. The van der Waals surface area contributed by atoms with E-state index in [1.807, 2.05) is 13.1 Å². The van der Waals surface area contributed by atoms with Crippen LogP contribution in [0.4, 0.5) is 5.82 Å². The molecule has 0 atom stereocenters. The fraction of sp³-hybridized carbons (Fsp3) is 0.615. The highest BCUT2D eigenvalue weighted by molar-refractivity contribution is 5.34. The molecule has 1 aliphatic carbocycles. The van der Waals surface area contributed by atoms with Crippen molar-refractivity contribution in [1.82, 2.24) is 9.88 Å². The van der Waals surface area contributed by atoms with Gasteiger partial charge in [-0.2, -0.15) is 0 Å². The summed E-state index contributed by atoms with van der Waals surface area (Å²) in [4.78, 5) is 7.04. The van der Waals surface area contributed by atoms with Gasteiger partial charge in [-0.25, -0.2) is 4.98 Å². The lowest BCUT2D eigenvalue weighted by Crippen LogP contribution is -2.25. The van der Waals surface area contributed by atoms with E-state index in [0.29, 0.717) is 0 Å². The minimum atomic E-state index is 0.951. The van der Waals surface area contributed by atoms with Crippen LogP contribution in [0.1, 0.15) is 25.5 Å². The first kappa shape index (κ1) is 11.4. The summed E-state index contributed by atoms with van der Waals surface area (Å²) in [6.07, 6.45) is 2.83. The number of hydrogen-bond donors (Lipinski definition) is 1. The molecule has 0 saturated heterocycles. The van der Waals surface area contributed by atoms with Crippen LogP contribution in [0.15, 0.2) is 18.2 Å². The van der Waals surface area contributed by atoms with Crippen molar-refractivity contribution >= 4 is 5.82 Å². The fourth-order valence-electron chi connectivity index (χ4n) is 1.91. The third kappa shape index (κ3) is 3.20. The van der Waals surface area contributed by atoms with Crippen molar-refractivity contribution in [1.29, 1.82) is 0 Å². The minimum Gasteiger partial charge on any atom is -0.373 e. The van der Waals surface area contributed by atoms with Crippen LogP contribution >= 0.6 is 0 Å². The number of nitrogens with one attached hydrogen (secondary N) is 1. The predicted octanol–water partition coefficient (Wildman–Crippen LogP) is 2.36. The average Bonchev–Trinajstić information content (AvgIpc) is 3.12. The molecular weight excluding hydrogens is 198 g/mol. The SMILES string of the molecule is CCN(Cc1cccc(NC)n1)CC1CC1. The van der Waals surface area contributed by atoms with Gasteiger partial charge in [0, 0.05) is 20.1 Å². The molecule has 1 fully saturated rings. The molecule has 1 aromatic rings. The molecule has 0 spiro atoms. The van der Waals surface area contributed by atoms with E-state index in [1.54, 1.807) is 0 Å². The molecule has 88 valence electrons. The molecule has 0 aliphatic heterocycles. The largest absolute Gasteiger partial charge is 0.373 e. The summed E-state index contributed by atoms with van der Waals surface area (Å²) in [5, 5.41) is 3.08. The smallest absolute Gasteiger partial charge is 0.126 e. The molecule has 0 amide bonds. The molecule has 1 heterocycles. The van der Waals surface area contributed by atoms with Gasteiger partial charge in [-0.05, 0) is 37.4 Å². The third-order valence-corrected chi connectivity index (χ3v) is 3.11. The van der Waals surface area contributed by atoms with Gasteiger partial charge in [0.25, 0.3) is 0 Å². The molecule has 1 saturated carbocycles. The standard InChI is InChI=1S/C13H21N3/c1-3-16(9-11-7-8-11)10-12-5-4-6-13(14-2)15-12/h4-6,11H,3,7-10H2,1-2H3,(H,14,15). The van der Waals surface area contributed by atoms with Gasteiger partial charge in [-0.3, -0.25) is 4.90 Å². The highest BCUT2D eigenvalue weighted by Gasteiger charge is 2.23. The van der Waals surface area contributed by atoms with Crippen LogP contribution in [0.25, 0.3) is 0 Å². The van der Waals surface area contributed by atoms with Crippen molar-refractivity contribution in [3.8, 4) is 0 Å². The van der Waals surface area contributed by atoms with Crippen LogP contribution in [-0.2, 0) is 6.54 Å². The van der Waals surface area contributed by atoms with E-state index in [4.69, 9.17) is 0 Å². The first-order valence-corrected chi connectivity index (χ1v) is 6.18. The molecule has 1 N–H and O–H groups in total. The summed E-state index contributed by atoms with van der Waals surface area (Å²) in [6, 6.07) is 6.18. The third-order valence-electron chi connectivity index (χ3n) is 3.11. The molecule has 16 heavy (non-hydrogen) atoms. The van der Waals surface area contributed by atoms with E-state index >= 15 is 0 Å². The van der Waals surface area contributed by atoms with E-state index in [0.717, 1.165) is 30.5 Å². The normalized spacial score (nSPS) is 15.4. The van der Waals surface area contributed by atoms with E-state index in [9.17, 15) is 0 Å². The Labute approximate surface area is 97.9 Å². The van der Waals surface area contributed by atoms with Crippen LogP contribution in [0.5, 0.6) is 0 Å². The summed E-state index contributed by atoms with van der Waals surface area (Å²) in [7, 11) is 1.91. The van der Waals surface area contributed by atoms with Gasteiger partial charge in [0.15, 0.2) is 0 Å². The lowest BCUT2D eigenvalue weighted by atomic mass is 10.3. The molecule has 0 aromatic carbocycles. The number of pyridine rings is 1. The Morgan fingerprint density at radius 2 is 2.25 bits per heavy atom. The van der Waals surface area contributed by atoms with Gasteiger partial charge < -0.3 is 5.32 Å². The minimum absolute atomic E-state index is 0.951. The zero-order valence-electron chi connectivity index (χ0n) is 10.2. The van der Waals surface area contributed by atoms with Crippen molar-refractivity contribution < 1.29 is 0 Å². The van der Waals surface area contributed by atoms with Crippen LogP contribution in [0.2, 0.25) is 0 Å². The maximum atomic E-state index is 4.55. The Kier molecular flexibility index (Phi) is 3.78. The molecule has 0 radical (unpaired) electrons. The molecule has 0 bridgehead atoms. The van der Waals surface area contributed by atoms with Crippen molar-refractivity contribution in [3.05, 3.63) is 23.9 Å². The van der Waals surface area contributed by atoms with Crippen molar-refractivity contribution in [3.63, 3.8) is 0 Å². The maximum absolute atomic E-state index is 4.55. The van der Waals surface area contributed by atoms with Crippen LogP contribution in [0, 0.1) is 5.92 Å². The molecule has 1 aromatic heterocycles. The summed E-state index contributed by atoms with van der Waals surface area (Å²) < 4.78 is 0. The summed E-state index contributed by atoms with van der Waals surface area (Å²) in [6.45, 7) is 5.55. The second-order valence-corrected chi connectivity index (χ2v) is 4.54. The zero-order valence-corrected chi connectivity index (χ0v) is 10.2. The molecule has 2 rings (SSSR count). The Hall–Kier alpha value is -1.09. The number of nitrogens with zero attached hydrogens (tertiary/aromatic N) is 2. The molecule has 1 aliphatic rings. The summed E-state index contributed by atoms with van der Waals surface area (Å²) in [5.41, 5.74) is 1.16. The van der Waals surface area contributed by atoms with E-state index < -0.39 is 0 Å². The van der Waals surface area contributed by atoms with Crippen LogP contribution in [-0.4, -0.2) is 30.0 Å². The van der Waals surface area contributed by atoms with Gasteiger partial charge >= 0.3 is 0 Å². The number of hydrogen-bond acceptors (Lipinski definition) is 3. The molecule has 0 unspecified atom stereocenters. The average molecular weight is 219 g/mol. The van der Waals surface area contributed by atoms with Gasteiger partial charge in [-0.15, -0.1) is 0 Å². The van der Waals surface area contributed by atoms with Crippen molar-refractivity contribution in [2.24, 2.45) is 5.92 Å². The quantitative estimate of drug-likeness (QED) is 0.796. The van der Waals surface area contributed by atoms with Crippen molar-refractivity contribution in [2.75, 3.05) is 25.5 Å². The van der Waals surface area contributed by atoms with Gasteiger partial charge in [0.1, 0.15) is 5.82 Å². The molecule has 3 nitrogen and oxygen atoms in total. The number of anilines is 1. The predicted molar refractivity (Wildman–Crippen MR) is 67.5 cm³/mol. The second kappa shape index (κ2) is 5.30.